The molecule has 0 spiro atoms. The van der Waals surface area contributed by atoms with E-state index in [2.05, 4.69) is 0 Å². The lowest BCUT2D eigenvalue weighted by atomic mass is 10.2. The van der Waals surface area contributed by atoms with E-state index in [9.17, 15) is 13.2 Å². The molecule has 34 heavy (non-hydrogen) atoms. The molecule has 4 aromatic rings. The molecule has 4 rings (SSSR count). The molecule has 0 aliphatic rings. The van der Waals surface area contributed by atoms with Crippen molar-refractivity contribution >= 4 is 15.8 Å². The maximum absolute atomic E-state index is 13.3. The lowest BCUT2D eigenvalue weighted by molar-refractivity contribution is 0.0468. The van der Waals surface area contributed by atoms with E-state index < -0.39 is 15.8 Å². The molecule has 0 aliphatic heterocycles. The molecule has 0 saturated heterocycles. The zero-order chi connectivity index (χ0) is 24.0. The molecule has 0 aliphatic carbocycles. The second-order valence-electron chi connectivity index (χ2n) is 7.31. The second-order valence-corrected chi connectivity index (χ2v) is 9.23. The topological polar surface area (TPSA) is 78.9 Å². The smallest absolute Gasteiger partial charge is 0.339 e. The molecule has 0 radical (unpaired) electrons. The predicted octanol–water partition coefficient (Wildman–Crippen LogP) is 5.68. The maximum atomic E-state index is 13.3. The van der Waals surface area contributed by atoms with Crippen molar-refractivity contribution in [1.82, 2.24) is 0 Å². The quantitative estimate of drug-likeness (QED) is 0.306. The Hall–Kier alpha value is -4.10. The van der Waals surface area contributed by atoms with Gasteiger partial charge in [-0.15, -0.1) is 0 Å². The summed E-state index contributed by atoms with van der Waals surface area (Å²) in [6, 6.07) is 28.3. The summed E-state index contributed by atoms with van der Waals surface area (Å²) in [5, 5.41) is 0. The van der Waals surface area contributed by atoms with Crippen LogP contribution in [0.1, 0.15) is 15.9 Å². The molecule has 4 aromatic carbocycles. The van der Waals surface area contributed by atoms with Crippen molar-refractivity contribution in [2.24, 2.45) is 0 Å². The SMILES string of the molecule is COc1ccc(Oc2ccc(S(=O)(=O)c3ccccc3C(=O)OCc3ccccc3)cc2)cc1. The van der Waals surface area contributed by atoms with Gasteiger partial charge in [-0.2, -0.15) is 0 Å². The van der Waals surface area contributed by atoms with Gasteiger partial charge in [0.05, 0.1) is 22.5 Å². The highest BCUT2D eigenvalue weighted by molar-refractivity contribution is 7.91. The Bertz CT molecular complexity index is 1360. The molecular weight excluding hydrogens is 452 g/mol. The Balaban J connectivity index is 1.53. The van der Waals surface area contributed by atoms with Crippen molar-refractivity contribution in [3.63, 3.8) is 0 Å². The van der Waals surface area contributed by atoms with E-state index in [0.29, 0.717) is 17.2 Å². The van der Waals surface area contributed by atoms with Crippen LogP contribution in [0.3, 0.4) is 0 Å². The average Bonchev–Trinajstić information content (AvgIpc) is 2.88. The van der Waals surface area contributed by atoms with Crippen molar-refractivity contribution in [3.8, 4) is 17.2 Å². The number of methoxy groups -OCH3 is 1. The van der Waals surface area contributed by atoms with Gasteiger partial charge >= 0.3 is 5.97 Å². The largest absolute Gasteiger partial charge is 0.497 e. The van der Waals surface area contributed by atoms with Crippen molar-refractivity contribution in [3.05, 3.63) is 114 Å². The van der Waals surface area contributed by atoms with Gasteiger partial charge in [0, 0.05) is 0 Å². The molecule has 0 heterocycles. The summed E-state index contributed by atoms with van der Waals surface area (Å²) < 4.78 is 42.9. The first-order valence-corrected chi connectivity index (χ1v) is 11.9. The van der Waals surface area contributed by atoms with Crippen LogP contribution >= 0.6 is 0 Å². The van der Waals surface area contributed by atoms with Crippen LogP contribution in [0.2, 0.25) is 0 Å². The van der Waals surface area contributed by atoms with Crippen LogP contribution in [0.5, 0.6) is 17.2 Å². The monoisotopic (exact) mass is 474 g/mol. The van der Waals surface area contributed by atoms with Crippen LogP contribution in [0.4, 0.5) is 0 Å². The molecule has 0 unspecified atom stereocenters. The lowest BCUT2D eigenvalue weighted by Crippen LogP contribution is -2.12. The molecule has 0 aromatic heterocycles. The van der Waals surface area contributed by atoms with E-state index in [1.807, 2.05) is 30.3 Å². The van der Waals surface area contributed by atoms with E-state index in [0.717, 1.165) is 5.56 Å². The predicted molar refractivity (Wildman–Crippen MR) is 127 cm³/mol. The molecule has 0 N–H and O–H groups in total. The summed E-state index contributed by atoms with van der Waals surface area (Å²) in [6.07, 6.45) is 0. The van der Waals surface area contributed by atoms with Crippen molar-refractivity contribution in [2.45, 2.75) is 16.4 Å². The second kappa shape index (κ2) is 10.2. The number of sulfone groups is 1. The minimum Gasteiger partial charge on any atom is -0.497 e. The third-order valence-electron chi connectivity index (χ3n) is 5.04. The van der Waals surface area contributed by atoms with Gasteiger partial charge in [-0.3, -0.25) is 0 Å². The Morgan fingerprint density at radius 1 is 0.706 bits per heavy atom. The third-order valence-corrected chi connectivity index (χ3v) is 6.87. The summed E-state index contributed by atoms with van der Waals surface area (Å²) in [5.41, 5.74) is 0.792. The van der Waals surface area contributed by atoms with Gasteiger partial charge in [-0.1, -0.05) is 42.5 Å². The minimum atomic E-state index is -3.97. The summed E-state index contributed by atoms with van der Waals surface area (Å²) in [5.74, 6) is 1.06. The van der Waals surface area contributed by atoms with Gasteiger partial charge in [0.25, 0.3) is 0 Å². The molecular formula is C27H22O6S. The first-order valence-electron chi connectivity index (χ1n) is 10.4. The minimum absolute atomic E-state index is 0.0167. The zero-order valence-corrected chi connectivity index (χ0v) is 19.2. The van der Waals surface area contributed by atoms with E-state index in [1.54, 1.807) is 55.6 Å². The number of rotatable bonds is 8. The number of esters is 1. The van der Waals surface area contributed by atoms with E-state index in [1.165, 1.54) is 24.3 Å². The van der Waals surface area contributed by atoms with Gasteiger partial charge in [0.1, 0.15) is 23.9 Å². The number of carbonyl (C=O) groups is 1. The summed E-state index contributed by atoms with van der Waals surface area (Å²) in [6.45, 7) is 0.0471. The fourth-order valence-corrected chi connectivity index (χ4v) is 4.71. The number of benzene rings is 4. The fourth-order valence-electron chi connectivity index (χ4n) is 3.26. The standard InChI is InChI=1S/C27H22O6S/c1-31-21-11-13-22(14-12-21)33-23-15-17-24(18-16-23)34(29,30)26-10-6-5-9-25(26)27(28)32-19-20-7-3-2-4-8-20/h2-18H,19H2,1H3. The van der Waals surface area contributed by atoms with Crippen LogP contribution in [0.15, 0.2) is 113 Å². The molecule has 6 nitrogen and oxygen atoms in total. The summed E-state index contributed by atoms with van der Waals surface area (Å²) in [4.78, 5) is 12.6. The molecule has 7 heteroatoms. The lowest BCUT2D eigenvalue weighted by Gasteiger charge is -2.12. The Kier molecular flexibility index (Phi) is 6.94. The van der Waals surface area contributed by atoms with Gasteiger partial charge in [0.2, 0.25) is 9.84 Å². The third kappa shape index (κ3) is 5.27. The Labute approximate surface area is 198 Å². The number of hydrogen-bond donors (Lipinski definition) is 0. The van der Waals surface area contributed by atoms with Crippen LogP contribution < -0.4 is 9.47 Å². The first kappa shape index (κ1) is 23.1. The van der Waals surface area contributed by atoms with Crippen LogP contribution in [-0.2, 0) is 21.2 Å². The van der Waals surface area contributed by atoms with Crippen molar-refractivity contribution in [2.75, 3.05) is 7.11 Å². The Morgan fingerprint density at radius 3 is 1.91 bits per heavy atom. The molecule has 0 bridgehead atoms. The number of carbonyl (C=O) groups excluding carboxylic acids is 1. The molecule has 0 fully saturated rings. The van der Waals surface area contributed by atoms with Crippen LogP contribution in [0, 0.1) is 0 Å². The first-order chi connectivity index (χ1) is 16.5. The van der Waals surface area contributed by atoms with E-state index >= 15 is 0 Å². The van der Waals surface area contributed by atoms with Crippen LogP contribution in [-0.4, -0.2) is 21.5 Å². The van der Waals surface area contributed by atoms with Gasteiger partial charge < -0.3 is 14.2 Å². The molecule has 0 atom stereocenters. The zero-order valence-electron chi connectivity index (χ0n) is 18.4. The maximum Gasteiger partial charge on any atom is 0.339 e. The highest BCUT2D eigenvalue weighted by Crippen LogP contribution is 2.29. The fraction of sp³-hybridized carbons (Fsp3) is 0.0741. The molecule has 0 saturated carbocycles. The number of hydrogen-bond acceptors (Lipinski definition) is 6. The van der Waals surface area contributed by atoms with Gasteiger partial charge in [-0.05, 0) is 66.2 Å². The van der Waals surface area contributed by atoms with Gasteiger partial charge in [0.15, 0.2) is 0 Å². The van der Waals surface area contributed by atoms with E-state index in [4.69, 9.17) is 14.2 Å². The van der Waals surface area contributed by atoms with Crippen LogP contribution in [0.25, 0.3) is 0 Å². The van der Waals surface area contributed by atoms with E-state index in [-0.39, 0.29) is 22.0 Å². The molecule has 0 amide bonds. The summed E-state index contributed by atoms with van der Waals surface area (Å²) in [7, 11) is -2.39. The highest BCUT2D eigenvalue weighted by atomic mass is 32.2. The normalized spacial score (nSPS) is 11.0. The Morgan fingerprint density at radius 2 is 1.26 bits per heavy atom. The highest BCUT2D eigenvalue weighted by Gasteiger charge is 2.25. The average molecular weight is 475 g/mol. The summed E-state index contributed by atoms with van der Waals surface area (Å²) >= 11 is 0. The number of ether oxygens (including phenoxy) is 3. The molecule has 172 valence electrons. The van der Waals surface area contributed by atoms with Crippen molar-refractivity contribution in [1.29, 1.82) is 0 Å². The van der Waals surface area contributed by atoms with Crippen molar-refractivity contribution < 1.29 is 27.4 Å². The van der Waals surface area contributed by atoms with Gasteiger partial charge in [-0.25, -0.2) is 13.2 Å².